The SMILES string of the molecule is CN(C)Cc1[c]cccc1-c1ccccc1. The Kier molecular flexibility index (Phi) is 3.37. The average molecular weight is 210 g/mol. The van der Waals surface area contributed by atoms with Gasteiger partial charge in [0.2, 0.25) is 0 Å². The first-order valence-corrected chi connectivity index (χ1v) is 5.47. The molecule has 0 spiro atoms. The van der Waals surface area contributed by atoms with Crippen molar-refractivity contribution in [3.05, 3.63) is 60.2 Å². The molecule has 2 rings (SSSR count). The van der Waals surface area contributed by atoms with E-state index in [0.717, 1.165) is 6.54 Å². The lowest BCUT2D eigenvalue weighted by Gasteiger charge is -2.13. The van der Waals surface area contributed by atoms with E-state index in [2.05, 4.69) is 55.4 Å². The molecule has 16 heavy (non-hydrogen) atoms. The first kappa shape index (κ1) is 10.9. The van der Waals surface area contributed by atoms with Crippen molar-refractivity contribution in [1.29, 1.82) is 0 Å². The predicted molar refractivity (Wildman–Crippen MR) is 68.1 cm³/mol. The molecule has 81 valence electrons. The highest BCUT2D eigenvalue weighted by atomic mass is 15.0. The van der Waals surface area contributed by atoms with Crippen molar-refractivity contribution in [3.8, 4) is 11.1 Å². The fourth-order valence-electron chi connectivity index (χ4n) is 1.81. The molecule has 1 heteroatoms. The number of hydrogen-bond acceptors (Lipinski definition) is 1. The van der Waals surface area contributed by atoms with Gasteiger partial charge in [0.15, 0.2) is 0 Å². The first-order chi connectivity index (χ1) is 7.77. The Labute approximate surface area is 97.3 Å². The van der Waals surface area contributed by atoms with Gasteiger partial charge in [-0.1, -0.05) is 48.5 Å². The quantitative estimate of drug-likeness (QED) is 0.752. The van der Waals surface area contributed by atoms with E-state index in [1.165, 1.54) is 16.7 Å². The van der Waals surface area contributed by atoms with E-state index in [0.29, 0.717) is 0 Å². The van der Waals surface area contributed by atoms with Crippen molar-refractivity contribution in [3.63, 3.8) is 0 Å². The van der Waals surface area contributed by atoms with Gasteiger partial charge in [0, 0.05) is 6.54 Å². The minimum absolute atomic E-state index is 0.922. The van der Waals surface area contributed by atoms with Gasteiger partial charge in [0.1, 0.15) is 0 Å². The van der Waals surface area contributed by atoms with Crippen molar-refractivity contribution in [2.75, 3.05) is 14.1 Å². The third-order valence-corrected chi connectivity index (χ3v) is 2.50. The standard InChI is InChI=1S/C15H16N/c1-16(2)12-14-10-6-7-11-15(14)13-8-4-3-5-9-13/h3-9,11H,12H2,1-2H3. The van der Waals surface area contributed by atoms with Crippen molar-refractivity contribution in [1.82, 2.24) is 4.90 Å². The summed E-state index contributed by atoms with van der Waals surface area (Å²) in [7, 11) is 4.16. The molecule has 0 heterocycles. The summed E-state index contributed by atoms with van der Waals surface area (Å²) in [5, 5.41) is 0. The van der Waals surface area contributed by atoms with E-state index in [9.17, 15) is 0 Å². The molecule has 0 amide bonds. The average Bonchev–Trinajstić information content (AvgIpc) is 2.30. The zero-order valence-electron chi connectivity index (χ0n) is 9.77. The molecule has 0 aliphatic rings. The zero-order valence-corrected chi connectivity index (χ0v) is 9.77. The summed E-state index contributed by atoms with van der Waals surface area (Å²) in [6.45, 7) is 0.922. The van der Waals surface area contributed by atoms with Crippen molar-refractivity contribution in [2.24, 2.45) is 0 Å². The second kappa shape index (κ2) is 4.95. The van der Waals surface area contributed by atoms with Crippen LogP contribution in [0.25, 0.3) is 11.1 Å². The van der Waals surface area contributed by atoms with Crippen molar-refractivity contribution in [2.45, 2.75) is 6.54 Å². The molecule has 0 saturated heterocycles. The van der Waals surface area contributed by atoms with Crippen molar-refractivity contribution < 1.29 is 0 Å². The summed E-state index contributed by atoms with van der Waals surface area (Å²) in [6, 6.07) is 20.0. The molecule has 0 aliphatic carbocycles. The summed E-state index contributed by atoms with van der Waals surface area (Å²) in [6.07, 6.45) is 0. The lowest BCUT2D eigenvalue weighted by Crippen LogP contribution is -2.11. The van der Waals surface area contributed by atoms with Gasteiger partial charge < -0.3 is 4.90 Å². The minimum atomic E-state index is 0.922. The fraction of sp³-hybridized carbons (Fsp3) is 0.200. The van der Waals surface area contributed by atoms with Crippen LogP contribution in [0, 0.1) is 6.07 Å². The van der Waals surface area contributed by atoms with E-state index in [-0.39, 0.29) is 0 Å². The van der Waals surface area contributed by atoms with Gasteiger partial charge >= 0.3 is 0 Å². The van der Waals surface area contributed by atoms with Crippen LogP contribution in [0.1, 0.15) is 5.56 Å². The summed E-state index contributed by atoms with van der Waals surface area (Å²) in [5.74, 6) is 0. The van der Waals surface area contributed by atoms with Crippen LogP contribution >= 0.6 is 0 Å². The first-order valence-electron chi connectivity index (χ1n) is 5.47. The van der Waals surface area contributed by atoms with E-state index < -0.39 is 0 Å². The highest BCUT2D eigenvalue weighted by Crippen LogP contribution is 2.23. The third-order valence-electron chi connectivity index (χ3n) is 2.50. The van der Waals surface area contributed by atoms with Crippen LogP contribution in [0.2, 0.25) is 0 Å². The molecule has 0 bridgehead atoms. The smallest absolute Gasteiger partial charge is 0.0239 e. The van der Waals surface area contributed by atoms with Gasteiger partial charge in [-0.3, -0.25) is 0 Å². The molecular formula is C15H16N. The Morgan fingerprint density at radius 3 is 2.44 bits per heavy atom. The highest BCUT2D eigenvalue weighted by Gasteiger charge is 2.04. The molecular weight excluding hydrogens is 194 g/mol. The predicted octanol–water partition coefficient (Wildman–Crippen LogP) is 3.22. The highest BCUT2D eigenvalue weighted by molar-refractivity contribution is 5.66. The Morgan fingerprint density at radius 2 is 1.75 bits per heavy atom. The maximum atomic E-state index is 3.33. The summed E-state index contributed by atoms with van der Waals surface area (Å²) >= 11 is 0. The largest absolute Gasteiger partial charge is 0.305 e. The summed E-state index contributed by atoms with van der Waals surface area (Å²) in [4.78, 5) is 2.16. The topological polar surface area (TPSA) is 3.24 Å². The molecule has 2 aromatic rings. The second-order valence-electron chi connectivity index (χ2n) is 4.17. The third kappa shape index (κ3) is 2.50. The molecule has 0 fully saturated rings. The van der Waals surface area contributed by atoms with Crippen LogP contribution in [-0.4, -0.2) is 19.0 Å². The van der Waals surface area contributed by atoms with Crippen LogP contribution in [0.5, 0.6) is 0 Å². The van der Waals surface area contributed by atoms with E-state index in [4.69, 9.17) is 0 Å². The number of hydrogen-bond donors (Lipinski definition) is 0. The zero-order chi connectivity index (χ0) is 11.4. The maximum absolute atomic E-state index is 3.33. The second-order valence-corrected chi connectivity index (χ2v) is 4.17. The van der Waals surface area contributed by atoms with E-state index in [1.54, 1.807) is 0 Å². The van der Waals surface area contributed by atoms with Gasteiger partial charge in [-0.05, 0) is 36.9 Å². The van der Waals surface area contributed by atoms with E-state index >= 15 is 0 Å². The fourth-order valence-corrected chi connectivity index (χ4v) is 1.81. The van der Waals surface area contributed by atoms with Crippen LogP contribution < -0.4 is 0 Å². The van der Waals surface area contributed by atoms with Crippen LogP contribution in [-0.2, 0) is 6.54 Å². The van der Waals surface area contributed by atoms with Gasteiger partial charge in [0.25, 0.3) is 0 Å². The lowest BCUT2D eigenvalue weighted by molar-refractivity contribution is 0.403. The van der Waals surface area contributed by atoms with Crippen molar-refractivity contribution >= 4 is 0 Å². The molecule has 2 aromatic carbocycles. The monoisotopic (exact) mass is 210 g/mol. The lowest BCUT2D eigenvalue weighted by atomic mass is 9.99. The molecule has 0 saturated carbocycles. The minimum Gasteiger partial charge on any atom is -0.305 e. The summed E-state index contributed by atoms with van der Waals surface area (Å²) < 4.78 is 0. The summed E-state index contributed by atoms with van der Waals surface area (Å²) in [5.41, 5.74) is 3.78. The normalized spacial score (nSPS) is 10.7. The van der Waals surface area contributed by atoms with Gasteiger partial charge in [-0.15, -0.1) is 0 Å². The van der Waals surface area contributed by atoms with Gasteiger partial charge in [-0.2, -0.15) is 0 Å². The Bertz CT molecular complexity index is 446. The van der Waals surface area contributed by atoms with Crippen LogP contribution in [0.3, 0.4) is 0 Å². The molecule has 0 aromatic heterocycles. The molecule has 0 atom stereocenters. The van der Waals surface area contributed by atoms with E-state index in [1.807, 2.05) is 18.2 Å². The number of nitrogens with zero attached hydrogens (tertiary/aromatic N) is 1. The van der Waals surface area contributed by atoms with Crippen LogP contribution in [0.4, 0.5) is 0 Å². The molecule has 1 nitrogen and oxygen atoms in total. The molecule has 1 radical (unpaired) electrons. The Balaban J connectivity index is 2.41. The maximum Gasteiger partial charge on any atom is 0.0239 e. The van der Waals surface area contributed by atoms with Crippen LogP contribution in [0.15, 0.2) is 48.5 Å². The molecule has 0 aliphatic heterocycles. The number of rotatable bonds is 3. The number of benzene rings is 2. The van der Waals surface area contributed by atoms with Gasteiger partial charge in [-0.25, -0.2) is 0 Å². The molecule has 0 unspecified atom stereocenters. The molecule has 0 N–H and O–H groups in total. The van der Waals surface area contributed by atoms with Gasteiger partial charge in [0.05, 0.1) is 0 Å². The Hall–Kier alpha value is -1.60. The Morgan fingerprint density at radius 1 is 1.00 bits per heavy atom.